The molecule has 0 saturated heterocycles. The fourth-order valence-corrected chi connectivity index (χ4v) is 1.97. The van der Waals surface area contributed by atoms with Crippen LogP contribution in [0.5, 0.6) is 5.75 Å². The lowest BCUT2D eigenvalue weighted by Crippen LogP contribution is -2.20. The Labute approximate surface area is 129 Å². The SMILES string of the molecule is CCOc1ccc(C(CC)=NNC(=O)c2cc(C)[nH]n2)cc1. The molecule has 116 valence electrons. The van der Waals surface area contributed by atoms with E-state index in [9.17, 15) is 4.79 Å². The molecule has 2 rings (SSSR count). The molecule has 0 spiro atoms. The Kier molecular flexibility index (Phi) is 5.30. The quantitative estimate of drug-likeness (QED) is 0.636. The molecule has 6 nitrogen and oxygen atoms in total. The molecule has 0 fully saturated rings. The summed E-state index contributed by atoms with van der Waals surface area (Å²) in [6.45, 7) is 6.40. The van der Waals surface area contributed by atoms with Crippen LogP contribution in [0.4, 0.5) is 0 Å². The first-order chi connectivity index (χ1) is 10.6. The Morgan fingerprint density at radius 3 is 2.59 bits per heavy atom. The number of nitrogens with zero attached hydrogens (tertiary/aromatic N) is 2. The van der Waals surface area contributed by atoms with Gasteiger partial charge in [-0.15, -0.1) is 0 Å². The van der Waals surface area contributed by atoms with Gasteiger partial charge in [0.1, 0.15) is 5.75 Å². The normalized spacial score (nSPS) is 11.3. The van der Waals surface area contributed by atoms with Gasteiger partial charge in [-0.2, -0.15) is 10.2 Å². The molecule has 2 aromatic rings. The van der Waals surface area contributed by atoms with Crippen LogP contribution in [-0.4, -0.2) is 28.4 Å². The van der Waals surface area contributed by atoms with E-state index in [4.69, 9.17) is 4.74 Å². The third kappa shape index (κ3) is 3.94. The zero-order valence-corrected chi connectivity index (χ0v) is 13.0. The van der Waals surface area contributed by atoms with Gasteiger partial charge in [0.2, 0.25) is 0 Å². The van der Waals surface area contributed by atoms with E-state index in [1.807, 2.05) is 45.0 Å². The molecule has 0 aliphatic heterocycles. The van der Waals surface area contributed by atoms with Gasteiger partial charge in [-0.3, -0.25) is 9.89 Å². The summed E-state index contributed by atoms with van der Waals surface area (Å²) in [5.41, 5.74) is 5.43. The zero-order chi connectivity index (χ0) is 15.9. The van der Waals surface area contributed by atoms with E-state index in [-0.39, 0.29) is 5.91 Å². The summed E-state index contributed by atoms with van der Waals surface area (Å²) in [5.74, 6) is 0.485. The Balaban J connectivity index is 2.08. The van der Waals surface area contributed by atoms with Crippen molar-refractivity contribution in [2.24, 2.45) is 5.10 Å². The summed E-state index contributed by atoms with van der Waals surface area (Å²) < 4.78 is 5.41. The van der Waals surface area contributed by atoms with E-state index < -0.39 is 0 Å². The van der Waals surface area contributed by atoms with Crippen molar-refractivity contribution in [3.63, 3.8) is 0 Å². The molecule has 1 amide bonds. The molecular weight excluding hydrogens is 280 g/mol. The van der Waals surface area contributed by atoms with Crippen molar-refractivity contribution in [2.45, 2.75) is 27.2 Å². The number of aryl methyl sites for hydroxylation is 1. The van der Waals surface area contributed by atoms with Gasteiger partial charge in [-0.1, -0.05) is 6.92 Å². The Morgan fingerprint density at radius 2 is 2.05 bits per heavy atom. The molecule has 0 saturated carbocycles. The van der Waals surface area contributed by atoms with Gasteiger partial charge in [0.05, 0.1) is 12.3 Å². The van der Waals surface area contributed by atoms with Crippen molar-refractivity contribution in [1.82, 2.24) is 15.6 Å². The lowest BCUT2D eigenvalue weighted by atomic mass is 10.1. The number of amides is 1. The molecule has 1 heterocycles. The highest BCUT2D eigenvalue weighted by Gasteiger charge is 2.09. The number of aromatic amines is 1. The third-order valence-corrected chi connectivity index (χ3v) is 3.06. The molecule has 1 aromatic heterocycles. The van der Waals surface area contributed by atoms with Crippen LogP contribution < -0.4 is 10.2 Å². The summed E-state index contributed by atoms with van der Waals surface area (Å²) in [6.07, 6.45) is 0.702. The maximum atomic E-state index is 11.9. The van der Waals surface area contributed by atoms with E-state index in [2.05, 4.69) is 20.7 Å². The lowest BCUT2D eigenvalue weighted by molar-refractivity contribution is 0.0950. The van der Waals surface area contributed by atoms with E-state index in [1.54, 1.807) is 6.07 Å². The van der Waals surface area contributed by atoms with Crippen molar-refractivity contribution in [1.29, 1.82) is 0 Å². The van der Waals surface area contributed by atoms with Crippen molar-refractivity contribution in [2.75, 3.05) is 6.61 Å². The molecule has 2 N–H and O–H groups in total. The summed E-state index contributed by atoms with van der Waals surface area (Å²) in [4.78, 5) is 11.9. The van der Waals surface area contributed by atoms with E-state index in [1.165, 1.54) is 0 Å². The summed E-state index contributed by atoms with van der Waals surface area (Å²) in [7, 11) is 0. The second-order valence-electron chi connectivity index (χ2n) is 4.75. The fraction of sp³-hybridized carbons (Fsp3) is 0.312. The van der Waals surface area contributed by atoms with Gasteiger partial charge in [0.15, 0.2) is 5.69 Å². The minimum Gasteiger partial charge on any atom is -0.494 e. The number of benzene rings is 1. The van der Waals surface area contributed by atoms with E-state index in [0.717, 1.165) is 22.7 Å². The Morgan fingerprint density at radius 1 is 1.32 bits per heavy atom. The van der Waals surface area contributed by atoms with Crippen LogP contribution in [0.15, 0.2) is 35.4 Å². The molecule has 1 aromatic carbocycles. The third-order valence-electron chi connectivity index (χ3n) is 3.06. The summed E-state index contributed by atoms with van der Waals surface area (Å²) in [6, 6.07) is 9.31. The summed E-state index contributed by atoms with van der Waals surface area (Å²) in [5, 5.41) is 10.8. The number of hydrogen-bond acceptors (Lipinski definition) is 4. The second kappa shape index (κ2) is 7.40. The first-order valence-electron chi connectivity index (χ1n) is 7.26. The van der Waals surface area contributed by atoms with Crippen LogP contribution in [0.25, 0.3) is 0 Å². The maximum absolute atomic E-state index is 11.9. The minimum atomic E-state index is -0.332. The van der Waals surface area contributed by atoms with Crippen LogP contribution in [-0.2, 0) is 0 Å². The molecule has 6 heteroatoms. The highest BCUT2D eigenvalue weighted by Crippen LogP contribution is 2.13. The maximum Gasteiger partial charge on any atom is 0.291 e. The minimum absolute atomic E-state index is 0.323. The first kappa shape index (κ1) is 15.8. The van der Waals surface area contributed by atoms with Crippen molar-refractivity contribution < 1.29 is 9.53 Å². The highest BCUT2D eigenvalue weighted by atomic mass is 16.5. The van der Waals surface area contributed by atoms with Crippen LogP contribution in [0.2, 0.25) is 0 Å². The zero-order valence-electron chi connectivity index (χ0n) is 13.0. The van der Waals surface area contributed by atoms with E-state index in [0.29, 0.717) is 18.7 Å². The molecule has 0 aliphatic carbocycles. The van der Waals surface area contributed by atoms with Gasteiger partial charge in [-0.05, 0) is 56.2 Å². The van der Waals surface area contributed by atoms with Crippen LogP contribution in [0.3, 0.4) is 0 Å². The predicted octanol–water partition coefficient (Wildman–Crippen LogP) is 2.66. The number of aromatic nitrogens is 2. The second-order valence-corrected chi connectivity index (χ2v) is 4.75. The smallest absolute Gasteiger partial charge is 0.291 e. The molecule has 0 bridgehead atoms. The number of nitrogens with one attached hydrogen (secondary N) is 2. The standard InChI is InChI=1S/C16H20N4O2/c1-4-14(12-6-8-13(9-7-12)22-5-2)18-20-16(21)15-10-11(3)17-19-15/h6-10H,4-5H2,1-3H3,(H,17,19)(H,20,21). The predicted molar refractivity (Wildman–Crippen MR) is 85.2 cm³/mol. The molecule has 22 heavy (non-hydrogen) atoms. The summed E-state index contributed by atoms with van der Waals surface area (Å²) >= 11 is 0. The number of H-pyrrole nitrogens is 1. The van der Waals surface area contributed by atoms with Gasteiger partial charge in [0.25, 0.3) is 5.91 Å². The number of hydrazone groups is 1. The Bertz CT molecular complexity index is 659. The number of rotatable bonds is 6. The number of carbonyl (C=O) groups is 1. The van der Waals surface area contributed by atoms with E-state index >= 15 is 0 Å². The van der Waals surface area contributed by atoms with Crippen molar-refractivity contribution in [3.8, 4) is 5.75 Å². The topological polar surface area (TPSA) is 79.4 Å². The Hall–Kier alpha value is -2.63. The molecular formula is C16H20N4O2. The number of ether oxygens (including phenoxy) is 1. The first-order valence-corrected chi connectivity index (χ1v) is 7.26. The van der Waals surface area contributed by atoms with Crippen LogP contribution in [0.1, 0.15) is 42.0 Å². The highest BCUT2D eigenvalue weighted by molar-refractivity contribution is 6.01. The average Bonchev–Trinajstić information content (AvgIpc) is 2.96. The van der Waals surface area contributed by atoms with Crippen LogP contribution >= 0.6 is 0 Å². The van der Waals surface area contributed by atoms with Gasteiger partial charge in [-0.25, -0.2) is 5.43 Å². The largest absolute Gasteiger partial charge is 0.494 e. The van der Waals surface area contributed by atoms with Gasteiger partial charge < -0.3 is 4.74 Å². The number of hydrogen-bond donors (Lipinski definition) is 2. The van der Waals surface area contributed by atoms with Crippen molar-refractivity contribution in [3.05, 3.63) is 47.3 Å². The van der Waals surface area contributed by atoms with Crippen LogP contribution in [0, 0.1) is 6.92 Å². The fourth-order valence-electron chi connectivity index (χ4n) is 1.97. The molecule has 0 aliphatic rings. The van der Waals surface area contributed by atoms with Crippen molar-refractivity contribution >= 4 is 11.6 Å². The molecule has 0 unspecified atom stereocenters. The average molecular weight is 300 g/mol. The number of carbonyl (C=O) groups excluding carboxylic acids is 1. The van der Waals surface area contributed by atoms with Gasteiger partial charge >= 0.3 is 0 Å². The molecule has 0 atom stereocenters. The monoisotopic (exact) mass is 300 g/mol. The molecule has 0 radical (unpaired) electrons. The van der Waals surface area contributed by atoms with Gasteiger partial charge in [0, 0.05) is 5.69 Å². The lowest BCUT2D eigenvalue weighted by Gasteiger charge is -2.07.